The lowest BCUT2D eigenvalue weighted by atomic mass is 10.1. The van der Waals surface area contributed by atoms with Crippen LogP contribution < -0.4 is 0 Å². The topological polar surface area (TPSA) is 38.7 Å². The molecule has 0 aromatic heterocycles. The van der Waals surface area contributed by atoms with E-state index in [-0.39, 0.29) is 6.10 Å². The first-order valence-corrected chi connectivity index (χ1v) is 5.31. The molecule has 3 nitrogen and oxygen atoms in total. The minimum Gasteiger partial charge on any atom is -0.368 e. The Morgan fingerprint density at radius 1 is 1.33 bits per heavy atom. The highest BCUT2D eigenvalue weighted by Gasteiger charge is 2.24. The van der Waals surface area contributed by atoms with Crippen molar-refractivity contribution in [2.45, 2.75) is 31.8 Å². The molecule has 15 heavy (non-hydrogen) atoms. The number of ether oxygens (including phenoxy) is 2. The van der Waals surface area contributed by atoms with Crippen LogP contribution in [0.15, 0.2) is 30.3 Å². The molecule has 2 atom stereocenters. The van der Waals surface area contributed by atoms with Gasteiger partial charge in [-0.05, 0) is 18.4 Å². The van der Waals surface area contributed by atoms with Crippen molar-refractivity contribution in [2.24, 2.45) is 0 Å². The molecular formula is C12H16O3. The van der Waals surface area contributed by atoms with Crippen LogP contribution in [0.4, 0.5) is 0 Å². The lowest BCUT2D eigenvalue weighted by Crippen LogP contribution is -2.35. The minimum absolute atomic E-state index is 0.182. The van der Waals surface area contributed by atoms with Crippen LogP contribution in [-0.4, -0.2) is 24.1 Å². The Bertz CT molecular complexity index is 286. The van der Waals surface area contributed by atoms with E-state index in [1.165, 1.54) is 0 Å². The fourth-order valence-corrected chi connectivity index (χ4v) is 1.68. The van der Waals surface area contributed by atoms with Gasteiger partial charge >= 0.3 is 0 Å². The first-order chi connectivity index (χ1) is 7.36. The fraction of sp³-hybridized carbons (Fsp3) is 0.500. The predicted molar refractivity (Wildman–Crippen MR) is 56.2 cm³/mol. The third kappa shape index (κ3) is 3.02. The van der Waals surface area contributed by atoms with Crippen molar-refractivity contribution >= 4 is 0 Å². The Hall–Kier alpha value is -0.900. The molecule has 1 aromatic carbocycles. The summed E-state index contributed by atoms with van der Waals surface area (Å²) in [5.41, 5.74) is 1.12. The van der Waals surface area contributed by atoms with Crippen molar-refractivity contribution in [3.8, 4) is 0 Å². The molecule has 3 heteroatoms. The highest BCUT2D eigenvalue weighted by molar-refractivity contribution is 5.13. The van der Waals surface area contributed by atoms with Crippen LogP contribution >= 0.6 is 0 Å². The summed E-state index contributed by atoms with van der Waals surface area (Å²) in [6.45, 7) is 1.16. The number of hydrogen-bond acceptors (Lipinski definition) is 3. The standard InChI is InChI=1S/C12H16O3/c13-12-11(7-4-8-14-12)15-9-10-5-2-1-3-6-10/h1-3,5-6,11-13H,4,7-9H2/t11-,12-/m1/s1. The Morgan fingerprint density at radius 3 is 2.87 bits per heavy atom. The molecule has 1 N–H and O–H groups in total. The van der Waals surface area contributed by atoms with Crippen molar-refractivity contribution in [3.05, 3.63) is 35.9 Å². The maximum absolute atomic E-state index is 9.50. The lowest BCUT2D eigenvalue weighted by molar-refractivity contribution is -0.205. The third-order valence-electron chi connectivity index (χ3n) is 2.55. The van der Waals surface area contributed by atoms with E-state index in [2.05, 4.69) is 0 Å². The highest BCUT2D eigenvalue weighted by Crippen LogP contribution is 2.16. The number of benzene rings is 1. The van der Waals surface area contributed by atoms with E-state index in [1.54, 1.807) is 0 Å². The van der Waals surface area contributed by atoms with Gasteiger partial charge in [0.2, 0.25) is 0 Å². The molecule has 0 bridgehead atoms. The fourth-order valence-electron chi connectivity index (χ4n) is 1.68. The summed E-state index contributed by atoms with van der Waals surface area (Å²) in [6, 6.07) is 9.95. The predicted octanol–water partition coefficient (Wildman–Crippen LogP) is 1.70. The molecule has 1 aliphatic heterocycles. The minimum atomic E-state index is -0.762. The second kappa shape index (κ2) is 5.26. The van der Waals surface area contributed by atoms with Gasteiger partial charge in [0.05, 0.1) is 6.61 Å². The number of aliphatic hydroxyl groups excluding tert-OH is 1. The van der Waals surface area contributed by atoms with Gasteiger partial charge in [0.15, 0.2) is 6.29 Å². The zero-order valence-corrected chi connectivity index (χ0v) is 8.63. The molecule has 0 spiro atoms. The van der Waals surface area contributed by atoms with Crippen LogP contribution in [0.2, 0.25) is 0 Å². The van der Waals surface area contributed by atoms with Crippen LogP contribution in [0.3, 0.4) is 0 Å². The molecule has 82 valence electrons. The van der Waals surface area contributed by atoms with E-state index in [4.69, 9.17) is 9.47 Å². The second-order valence-corrected chi connectivity index (χ2v) is 3.74. The van der Waals surface area contributed by atoms with Crippen LogP contribution in [-0.2, 0) is 16.1 Å². The van der Waals surface area contributed by atoms with Gasteiger partial charge in [-0.2, -0.15) is 0 Å². The maximum atomic E-state index is 9.50. The summed E-state index contributed by atoms with van der Waals surface area (Å²) in [5.74, 6) is 0. The summed E-state index contributed by atoms with van der Waals surface area (Å²) in [7, 11) is 0. The van der Waals surface area contributed by atoms with E-state index in [1.807, 2.05) is 30.3 Å². The molecule has 1 saturated heterocycles. The number of aliphatic hydroxyl groups is 1. The summed E-state index contributed by atoms with van der Waals surface area (Å²) in [6.07, 6.45) is 0.881. The molecule has 1 aliphatic rings. The Kier molecular flexibility index (Phi) is 3.72. The van der Waals surface area contributed by atoms with Crippen LogP contribution in [0, 0.1) is 0 Å². The molecular weight excluding hydrogens is 192 g/mol. The van der Waals surface area contributed by atoms with Gasteiger partial charge in [0, 0.05) is 6.61 Å². The monoisotopic (exact) mass is 208 g/mol. The molecule has 1 fully saturated rings. The Balaban J connectivity index is 1.82. The molecule has 2 rings (SSSR count). The summed E-state index contributed by atoms with van der Waals surface area (Å²) in [4.78, 5) is 0. The zero-order chi connectivity index (χ0) is 10.5. The zero-order valence-electron chi connectivity index (χ0n) is 8.63. The van der Waals surface area contributed by atoms with Crippen LogP contribution in [0.1, 0.15) is 18.4 Å². The van der Waals surface area contributed by atoms with Gasteiger partial charge in [-0.1, -0.05) is 30.3 Å². The van der Waals surface area contributed by atoms with Gasteiger partial charge in [0.25, 0.3) is 0 Å². The van der Waals surface area contributed by atoms with Gasteiger partial charge in [-0.3, -0.25) is 0 Å². The van der Waals surface area contributed by atoms with E-state index in [0.717, 1.165) is 18.4 Å². The number of hydrogen-bond donors (Lipinski definition) is 1. The van der Waals surface area contributed by atoms with Crippen molar-refractivity contribution in [1.29, 1.82) is 0 Å². The maximum Gasteiger partial charge on any atom is 0.181 e. The van der Waals surface area contributed by atoms with Crippen molar-refractivity contribution in [3.63, 3.8) is 0 Å². The normalized spacial score (nSPS) is 26.5. The van der Waals surface area contributed by atoms with E-state index in [9.17, 15) is 5.11 Å². The molecule has 1 heterocycles. The van der Waals surface area contributed by atoms with Gasteiger partial charge in [-0.15, -0.1) is 0 Å². The van der Waals surface area contributed by atoms with Crippen molar-refractivity contribution in [2.75, 3.05) is 6.61 Å². The third-order valence-corrected chi connectivity index (χ3v) is 2.55. The van der Waals surface area contributed by atoms with Crippen LogP contribution in [0.5, 0.6) is 0 Å². The van der Waals surface area contributed by atoms with Crippen LogP contribution in [0.25, 0.3) is 0 Å². The summed E-state index contributed by atoms with van der Waals surface area (Å²) >= 11 is 0. The Labute approximate surface area is 89.6 Å². The molecule has 0 unspecified atom stereocenters. The number of rotatable bonds is 3. The van der Waals surface area contributed by atoms with Crippen molar-refractivity contribution in [1.82, 2.24) is 0 Å². The molecule has 1 aromatic rings. The second-order valence-electron chi connectivity index (χ2n) is 3.74. The molecule has 0 aliphatic carbocycles. The average molecular weight is 208 g/mol. The molecule has 0 saturated carbocycles. The van der Waals surface area contributed by atoms with E-state index < -0.39 is 6.29 Å². The first kappa shape index (κ1) is 10.6. The quantitative estimate of drug-likeness (QED) is 0.821. The molecule has 0 amide bonds. The summed E-state index contributed by atoms with van der Waals surface area (Å²) in [5, 5.41) is 9.50. The smallest absolute Gasteiger partial charge is 0.181 e. The average Bonchev–Trinajstić information content (AvgIpc) is 2.29. The largest absolute Gasteiger partial charge is 0.368 e. The van der Waals surface area contributed by atoms with Gasteiger partial charge in [0.1, 0.15) is 6.10 Å². The lowest BCUT2D eigenvalue weighted by Gasteiger charge is -2.27. The van der Waals surface area contributed by atoms with Gasteiger partial charge in [-0.25, -0.2) is 0 Å². The van der Waals surface area contributed by atoms with E-state index in [0.29, 0.717) is 13.2 Å². The summed E-state index contributed by atoms with van der Waals surface area (Å²) < 4.78 is 10.7. The highest BCUT2D eigenvalue weighted by atomic mass is 16.6. The first-order valence-electron chi connectivity index (χ1n) is 5.31. The molecule has 0 radical (unpaired) electrons. The van der Waals surface area contributed by atoms with Crippen molar-refractivity contribution < 1.29 is 14.6 Å². The van der Waals surface area contributed by atoms with E-state index >= 15 is 0 Å². The SMILES string of the molecule is O[C@@H]1OCCC[C@H]1OCc1ccccc1. The Morgan fingerprint density at radius 2 is 2.13 bits per heavy atom. The van der Waals surface area contributed by atoms with Gasteiger partial charge < -0.3 is 14.6 Å².